The average Bonchev–Trinajstić information content (AvgIpc) is 1.98. The van der Waals surface area contributed by atoms with Crippen molar-refractivity contribution in [1.29, 1.82) is 0 Å². The molecule has 0 aliphatic rings. The predicted octanol–water partition coefficient (Wildman–Crippen LogP) is 1.32. The van der Waals surface area contributed by atoms with Gasteiger partial charge >= 0.3 is 14.1 Å². The quantitative estimate of drug-likeness (QED) is 0.545. The second-order valence-corrected chi connectivity index (χ2v) is 3.67. The zero-order valence-electron chi connectivity index (χ0n) is 7.70. The molecule has 0 aromatic heterocycles. The molecule has 0 radical (unpaired) electrons. The SMILES string of the molecule is C=C(C)OC(=O)NC[C@@H](F)C[P+](=O)O. The van der Waals surface area contributed by atoms with Crippen LogP contribution in [0.25, 0.3) is 0 Å². The molecular formula is C7H12FNO4P+. The number of nitrogens with one attached hydrogen (secondary N) is 1. The van der Waals surface area contributed by atoms with E-state index >= 15 is 0 Å². The number of rotatable bonds is 5. The summed E-state index contributed by atoms with van der Waals surface area (Å²) >= 11 is 0. The van der Waals surface area contributed by atoms with Crippen LogP contribution in [0.1, 0.15) is 6.92 Å². The maximum absolute atomic E-state index is 12.7. The molecule has 2 N–H and O–H groups in total. The molecule has 14 heavy (non-hydrogen) atoms. The third kappa shape index (κ3) is 7.64. The molecule has 0 aliphatic heterocycles. The largest absolute Gasteiger partial charge is 0.508 e. The van der Waals surface area contributed by atoms with Gasteiger partial charge < -0.3 is 10.1 Å². The van der Waals surface area contributed by atoms with Crippen LogP contribution in [-0.4, -0.2) is 29.9 Å². The van der Waals surface area contributed by atoms with Crippen molar-refractivity contribution in [2.45, 2.75) is 13.1 Å². The Bertz CT molecular complexity index is 246. The van der Waals surface area contributed by atoms with Crippen molar-refractivity contribution in [3.8, 4) is 0 Å². The maximum atomic E-state index is 12.7. The summed E-state index contributed by atoms with van der Waals surface area (Å²) in [6, 6.07) is 0. The van der Waals surface area contributed by atoms with Crippen molar-refractivity contribution in [3.05, 3.63) is 12.3 Å². The van der Waals surface area contributed by atoms with Crippen LogP contribution in [0.15, 0.2) is 12.3 Å². The van der Waals surface area contributed by atoms with E-state index in [1.54, 1.807) is 0 Å². The van der Waals surface area contributed by atoms with Crippen LogP contribution in [-0.2, 0) is 9.30 Å². The second kappa shape index (κ2) is 6.45. The number of allylic oxidation sites excluding steroid dienone is 1. The van der Waals surface area contributed by atoms with E-state index in [0.29, 0.717) is 0 Å². The first kappa shape index (κ1) is 13.0. The number of halogens is 1. The molecule has 0 spiro atoms. The molecule has 80 valence electrons. The highest BCUT2D eigenvalue weighted by Crippen LogP contribution is 2.15. The Labute approximate surface area is 81.8 Å². The van der Waals surface area contributed by atoms with Gasteiger partial charge in [-0.2, -0.15) is 4.89 Å². The predicted molar refractivity (Wildman–Crippen MR) is 48.9 cm³/mol. The van der Waals surface area contributed by atoms with Gasteiger partial charge in [0.2, 0.25) is 6.16 Å². The first-order valence-corrected chi connectivity index (χ1v) is 5.20. The lowest BCUT2D eigenvalue weighted by Gasteiger charge is -2.05. The van der Waals surface area contributed by atoms with E-state index in [9.17, 15) is 13.8 Å². The monoisotopic (exact) mass is 224 g/mol. The first-order chi connectivity index (χ1) is 6.41. The van der Waals surface area contributed by atoms with Crippen LogP contribution in [0.2, 0.25) is 0 Å². The van der Waals surface area contributed by atoms with Gasteiger partial charge in [-0.25, -0.2) is 9.18 Å². The van der Waals surface area contributed by atoms with Gasteiger partial charge in [0.15, 0.2) is 6.17 Å². The summed E-state index contributed by atoms with van der Waals surface area (Å²) in [6.45, 7) is 4.42. The Balaban J connectivity index is 3.66. The minimum atomic E-state index is -2.52. The lowest BCUT2D eigenvalue weighted by molar-refractivity contribution is 0.173. The normalized spacial score (nSPS) is 12.9. The van der Waals surface area contributed by atoms with Crippen LogP contribution in [0.4, 0.5) is 9.18 Å². The average molecular weight is 224 g/mol. The van der Waals surface area contributed by atoms with Crippen LogP contribution in [0, 0.1) is 0 Å². The van der Waals surface area contributed by atoms with Crippen molar-refractivity contribution < 1.29 is 23.4 Å². The van der Waals surface area contributed by atoms with Gasteiger partial charge in [0, 0.05) is 0 Å². The molecule has 0 rings (SSSR count). The summed E-state index contributed by atoms with van der Waals surface area (Å²) in [5, 5.41) is 2.08. The van der Waals surface area contributed by atoms with E-state index in [-0.39, 0.29) is 12.3 Å². The molecule has 0 saturated carbocycles. The van der Waals surface area contributed by atoms with E-state index in [1.807, 2.05) is 0 Å². The van der Waals surface area contributed by atoms with Crippen molar-refractivity contribution >= 4 is 14.1 Å². The van der Waals surface area contributed by atoms with Gasteiger partial charge in [0.25, 0.3) is 0 Å². The minimum Gasteiger partial charge on any atom is -0.416 e. The van der Waals surface area contributed by atoms with Gasteiger partial charge in [0.1, 0.15) is 0 Å². The molecule has 7 heteroatoms. The topological polar surface area (TPSA) is 75.6 Å². The maximum Gasteiger partial charge on any atom is 0.508 e. The van der Waals surface area contributed by atoms with Crippen LogP contribution >= 0.6 is 8.03 Å². The molecule has 0 bridgehead atoms. The van der Waals surface area contributed by atoms with E-state index in [2.05, 4.69) is 16.6 Å². The standard InChI is InChI=1S/C7H11FNO4P/c1-5(2)13-7(10)9-3-6(8)4-14(11)12/h6H,1,3-4H2,2H3,(H-,9,10,11,12)/p+1/t6-/m1/s1. The zero-order valence-corrected chi connectivity index (χ0v) is 8.59. The van der Waals surface area contributed by atoms with Gasteiger partial charge in [-0.15, -0.1) is 0 Å². The van der Waals surface area contributed by atoms with Gasteiger partial charge in [-0.1, -0.05) is 6.58 Å². The molecular weight excluding hydrogens is 212 g/mol. The summed E-state index contributed by atoms with van der Waals surface area (Å²) in [5.41, 5.74) is 0. The number of hydrogen-bond donors (Lipinski definition) is 2. The van der Waals surface area contributed by atoms with Gasteiger partial charge in [-0.3, -0.25) is 0 Å². The summed E-state index contributed by atoms with van der Waals surface area (Å²) in [7, 11) is -2.52. The highest BCUT2D eigenvalue weighted by molar-refractivity contribution is 7.38. The molecule has 0 aliphatic carbocycles. The number of amides is 1. The molecule has 1 amide bonds. The molecule has 0 heterocycles. The molecule has 2 atom stereocenters. The van der Waals surface area contributed by atoms with Crippen molar-refractivity contribution in [1.82, 2.24) is 5.32 Å². The first-order valence-electron chi connectivity index (χ1n) is 3.80. The minimum absolute atomic E-state index is 0.186. The van der Waals surface area contributed by atoms with Crippen LogP contribution in [0.3, 0.4) is 0 Å². The van der Waals surface area contributed by atoms with Crippen molar-refractivity contribution in [2.75, 3.05) is 12.7 Å². The fourth-order valence-corrected chi connectivity index (χ4v) is 1.09. The summed E-state index contributed by atoms with van der Waals surface area (Å²) in [4.78, 5) is 19.1. The van der Waals surface area contributed by atoms with Gasteiger partial charge in [0.05, 0.1) is 12.3 Å². The number of alkyl carbamates (subject to hydrolysis) is 1. The van der Waals surface area contributed by atoms with Gasteiger partial charge in [-0.05, 0) is 11.5 Å². The Morgan fingerprint density at radius 1 is 1.79 bits per heavy atom. The summed E-state index contributed by atoms with van der Waals surface area (Å²) < 4.78 is 27.4. The second-order valence-electron chi connectivity index (χ2n) is 2.60. The number of carbonyl (C=O) groups is 1. The fourth-order valence-electron chi connectivity index (χ4n) is 0.622. The van der Waals surface area contributed by atoms with Crippen LogP contribution in [0.5, 0.6) is 0 Å². The fraction of sp³-hybridized carbons (Fsp3) is 0.571. The lowest BCUT2D eigenvalue weighted by Crippen LogP contribution is -2.31. The number of carbonyl (C=O) groups excluding carboxylic acids is 1. The molecule has 5 nitrogen and oxygen atoms in total. The molecule has 0 saturated heterocycles. The molecule has 0 aromatic carbocycles. The molecule has 0 fully saturated rings. The lowest BCUT2D eigenvalue weighted by atomic mass is 10.4. The Morgan fingerprint density at radius 3 is 2.79 bits per heavy atom. The number of hydrogen-bond acceptors (Lipinski definition) is 3. The van der Waals surface area contributed by atoms with Crippen molar-refractivity contribution in [2.24, 2.45) is 0 Å². The van der Waals surface area contributed by atoms with Crippen molar-refractivity contribution in [3.63, 3.8) is 0 Å². The van der Waals surface area contributed by atoms with E-state index in [4.69, 9.17) is 4.89 Å². The highest BCUT2D eigenvalue weighted by atomic mass is 31.1. The summed E-state index contributed by atoms with van der Waals surface area (Å²) in [5.74, 6) is 0.186. The highest BCUT2D eigenvalue weighted by Gasteiger charge is 2.21. The number of ether oxygens (including phenoxy) is 1. The third-order valence-electron chi connectivity index (χ3n) is 1.09. The van der Waals surface area contributed by atoms with E-state index in [1.165, 1.54) is 6.92 Å². The summed E-state index contributed by atoms with van der Waals surface area (Å²) in [6.07, 6.45) is -2.88. The smallest absolute Gasteiger partial charge is 0.416 e. The zero-order chi connectivity index (χ0) is 11.1. The number of alkyl halides is 1. The van der Waals surface area contributed by atoms with E-state index in [0.717, 1.165) is 0 Å². The Kier molecular flexibility index (Phi) is 5.99. The molecule has 0 aromatic rings. The van der Waals surface area contributed by atoms with Crippen LogP contribution < -0.4 is 5.32 Å². The molecule has 1 unspecified atom stereocenters. The van der Waals surface area contributed by atoms with E-state index < -0.39 is 26.5 Å². The third-order valence-corrected chi connectivity index (χ3v) is 1.80. The Morgan fingerprint density at radius 2 is 2.36 bits per heavy atom. The Hall–Kier alpha value is -1.00.